The zero-order valence-electron chi connectivity index (χ0n) is 8.11. The molecular weight excluding hydrogens is 264 g/mol. The number of thioether (sulfide) groups is 1. The Kier molecular flexibility index (Phi) is 4.27. The van der Waals surface area contributed by atoms with Gasteiger partial charge in [0.15, 0.2) is 0 Å². The number of alkyl halides is 3. The molecule has 1 aromatic rings. The van der Waals surface area contributed by atoms with Crippen LogP contribution in [0.2, 0.25) is 5.02 Å². The van der Waals surface area contributed by atoms with Crippen LogP contribution < -0.4 is 0 Å². The van der Waals surface area contributed by atoms with Crippen molar-refractivity contribution in [3.8, 4) is 0 Å². The zero-order valence-corrected chi connectivity index (χ0v) is 9.68. The van der Waals surface area contributed by atoms with Crippen LogP contribution in [-0.4, -0.2) is 12.4 Å². The van der Waals surface area contributed by atoms with Gasteiger partial charge in [0.2, 0.25) is 0 Å². The van der Waals surface area contributed by atoms with Crippen LogP contribution in [0.1, 0.15) is 5.56 Å². The topological polar surface area (TPSA) is 0 Å². The highest BCUT2D eigenvalue weighted by atomic mass is 35.5. The number of hydrogen-bond donors (Lipinski definition) is 0. The minimum absolute atomic E-state index is 0.252. The SMILES string of the molecule is CS/C=C(/c1c(F)cccc1Cl)C(F)(F)F. The van der Waals surface area contributed by atoms with Gasteiger partial charge in [0, 0.05) is 5.56 Å². The second-order valence-corrected chi connectivity index (χ2v) is 3.98. The molecule has 0 aliphatic heterocycles. The van der Waals surface area contributed by atoms with E-state index < -0.39 is 23.1 Å². The number of rotatable bonds is 2. The van der Waals surface area contributed by atoms with Crippen molar-refractivity contribution < 1.29 is 17.6 Å². The average molecular weight is 271 g/mol. The van der Waals surface area contributed by atoms with Crippen LogP contribution >= 0.6 is 23.4 Å². The Hall–Kier alpha value is -0.680. The minimum Gasteiger partial charge on any atom is -0.206 e. The van der Waals surface area contributed by atoms with Crippen LogP contribution in [0.3, 0.4) is 0 Å². The van der Waals surface area contributed by atoms with E-state index >= 15 is 0 Å². The van der Waals surface area contributed by atoms with E-state index in [-0.39, 0.29) is 5.02 Å². The quantitative estimate of drug-likeness (QED) is 0.699. The van der Waals surface area contributed by atoms with Gasteiger partial charge in [0.05, 0.1) is 10.6 Å². The predicted octanol–water partition coefficient (Wildman–Crippen LogP) is 4.75. The van der Waals surface area contributed by atoms with Gasteiger partial charge in [-0.05, 0) is 23.8 Å². The van der Waals surface area contributed by atoms with Crippen molar-refractivity contribution in [2.45, 2.75) is 6.18 Å². The molecule has 0 radical (unpaired) electrons. The van der Waals surface area contributed by atoms with Crippen molar-refractivity contribution in [2.75, 3.05) is 6.26 Å². The van der Waals surface area contributed by atoms with Crippen LogP contribution in [0, 0.1) is 5.82 Å². The lowest BCUT2D eigenvalue weighted by atomic mass is 10.1. The van der Waals surface area contributed by atoms with Crippen LogP contribution in [-0.2, 0) is 0 Å². The van der Waals surface area contributed by atoms with E-state index in [9.17, 15) is 17.6 Å². The minimum atomic E-state index is -4.63. The first kappa shape index (κ1) is 13.4. The number of halogens is 5. The number of benzene rings is 1. The van der Waals surface area contributed by atoms with Crippen molar-refractivity contribution in [2.24, 2.45) is 0 Å². The van der Waals surface area contributed by atoms with Crippen LogP contribution in [0.15, 0.2) is 23.6 Å². The molecule has 0 spiro atoms. The Morgan fingerprint density at radius 1 is 1.38 bits per heavy atom. The lowest BCUT2D eigenvalue weighted by molar-refractivity contribution is -0.0689. The lowest BCUT2D eigenvalue weighted by Gasteiger charge is -2.13. The van der Waals surface area contributed by atoms with Crippen LogP contribution in [0.5, 0.6) is 0 Å². The molecule has 0 aromatic heterocycles. The average Bonchev–Trinajstić information content (AvgIpc) is 2.14. The van der Waals surface area contributed by atoms with E-state index in [1.165, 1.54) is 18.4 Å². The van der Waals surface area contributed by atoms with Gasteiger partial charge in [0.25, 0.3) is 0 Å². The van der Waals surface area contributed by atoms with Gasteiger partial charge >= 0.3 is 6.18 Å². The van der Waals surface area contributed by atoms with Crippen molar-refractivity contribution in [3.63, 3.8) is 0 Å². The predicted molar refractivity (Wildman–Crippen MR) is 59.0 cm³/mol. The van der Waals surface area contributed by atoms with Gasteiger partial charge in [-0.2, -0.15) is 13.2 Å². The molecule has 1 aromatic carbocycles. The fraction of sp³-hybridized carbons (Fsp3) is 0.200. The van der Waals surface area contributed by atoms with E-state index in [4.69, 9.17) is 11.6 Å². The first-order chi connectivity index (χ1) is 7.38. The Labute approximate surface area is 99.3 Å². The van der Waals surface area contributed by atoms with E-state index in [1.807, 2.05) is 0 Å². The number of allylic oxidation sites excluding steroid dienone is 1. The first-order valence-corrected chi connectivity index (χ1v) is 5.79. The van der Waals surface area contributed by atoms with Gasteiger partial charge in [0.1, 0.15) is 5.82 Å². The molecule has 6 heteroatoms. The molecule has 0 heterocycles. The highest BCUT2D eigenvalue weighted by molar-refractivity contribution is 8.01. The Morgan fingerprint density at radius 3 is 2.44 bits per heavy atom. The summed E-state index contributed by atoms with van der Waals surface area (Å²) in [5.74, 6) is -0.981. The molecule has 0 unspecified atom stereocenters. The molecule has 88 valence electrons. The summed E-state index contributed by atoms with van der Waals surface area (Å²) < 4.78 is 51.3. The maximum atomic E-state index is 13.3. The maximum absolute atomic E-state index is 13.3. The maximum Gasteiger partial charge on any atom is 0.417 e. The van der Waals surface area contributed by atoms with E-state index in [1.54, 1.807) is 0 Å². The molecule has 0 aliphatic rings. The molecule has 16 heavy (non-hydrogen) atoms. The molecule has 0 fully saturated rings. The normalized spacial score (nSPS) is 13.0. The monoisotopic (exact) mass is 270 g/mol. The fourth-order valence-electron chi connectivity index (χ4n) is 1.14. The molecule has 0 N–H and O–H groups in total. The third-order valence-corrected chi connectivity index (χ3v) is 2.56. The second-order valence-electron chi connectivity index (χ2n) is 2.86. The summed E-state index contributed by atoms with van der Waals surface area (Å²) in [5.41, 5.74) is -1.67. The molecule has 0 saturated carbocycles. The zero-order chi connectivity index (χ0) is 12.3. The Bertz CT molecular complexity index is 392. The molecule has 0 bridgehead atoms. The highest BCUT2D eigenvalue weighted by Gasteiger charge is 2.37. The summed E-state index contributed by atoms with van der Waals surface area (Å²) in [5, 5.41) is 0.585. The molecule has 0 nitrogen and oxygen atoms in total. The van der Waals surface area contributed by atoms with Crippen molar-refractivity contribution in [3.05, 3.63) is 40.0 Å². The molecule has 1 rings (SSSR count). The fourth-order valence-corrected chi connectivity index (χ4v) is 1.89. The molecule has 0 aliphatic carbocycles. The Morgan fingerprint density at radius 2 is 2.00 bits per heavy atom. The van der Waals surface area contributed by atoms with Gasteiger partial charge in [-0.25, -0.2) is 4.39 Å². The molecule has 0 amide bonds. The smallest absolute Gasteiger partial charge is 0.206 e. The summed E-state index contributed by atoms with van der Waals surface area (Å²) in [6.07, 6.45) is -3.17. The van der Waals surface area contributed by atoms with Gasteiger partial charge in [-0.15, -0.1) is 11.8 Å². The molecular formula is C10H7ClF4S. The van der Waals surface area contributed by atoms with Gasteiger partial charge in [-0.1, -0.05) is 17.7 Å². The van der Waals surface area contributed by atoms with Crippen LogP contribution in [0.25, 0.3) is 5.57 Å². The summed E-state index contributed by atoms with van der Waals surface area (Å²) in [7, 11) is 0. The summed E-state index contributed by atoms with van der Waals surface area (Å²) in [6.45, 7) is 0. The van der Waals surface area contributed by atoms with Crippen molar-refractivity contribution in [1.29, 1.82) is 0 Å². The van der Waals surface area contributed by atoms with Crippen molar-refractivity contribution in [1.82, 2.24) is 0 Å². The van der Waals surface area contributed by atoms with Crippen molar-refractivity contribution >= 4 is 28.9 Å². The number of hydrogen-bond acceptors (Lipinski definition) is 1. The largest absolute Gasteiger partial charge is 0.417 e. The summed E-state index contributed by atoms with van der Waals surface area (Å²) in [6, 6.07) is 3.43. The van der Waals surface area contributed by atoms with Gasteiger partial charge in [-0.3, -0.25) is 0 Å². The lowest BCUT2D eigenvalue weighted by Crippen LogP contribution is -2.12. The van der Waals surface area contributed by atoms with E-state index in [0.29, 0.717) is 0 Å². The summed E-state index contributed by atoms with van der Waals surface area (Å²) in [4.78, 5) is 0. The highest BCUT2D eigenvalue weighted by Crippen LogP contribution is 2.39. The van der Waals surface area contributed by atoms with Gasteiger partial charge < -0.3 is 0 Å². The first-order valence-electron chi connectivity index (χ1n) is 4.12. The third-order valence-electron chi connectivity index (χ3n) is 1.77. The molecule has 0 atom stereocenters. The summed E-state index contributed by atoms with van der Waals surface area (Å²) >= 11 is 6.42. The van der Waals surface area contributed by atoms with E-state index in [0.717, 1.165) is 23.2 Å². The Balaban J connectivity index is 3.39. The van der Waals surface area contributed by atoms with Crippen LogP contribution in [0.4, 0.5) is 17.6 Å². The molecule has 0 saturated heterocycles. The standard InChI is InChI=1S/C10H7ClF4S/c1-16-5-6(10(13,14)15)9-7(11)3-2-4-8(9)12/h2-5H,1H3/b6-5-. The van der Waals surface area contributed by atoms with E-state index in [2.05, 4.69) is 0 Å². The third kappa shape index (κ3) is 2.92. The second kappa shape index (κ2) is 5.10.